The number of imide groups is 1. The fourth-order valence-electron chi connectivity index (χ4n) is 2.75. The van der Waals surface area contributed by atoms with Crippen LogP contribution in [0.3, 0.4) is 0 Å². The predicted octanol–water partition coefficient (Wildman–Crippen LogP) is 2.21. The van der Waals surface area contributed by atoms with Crippen LogP contribution < -0.4 is 0 Å². The van der Waals surface area contributed by atoms with Gasteiger partial charge in [0.2, 0.25) is 0 Å². The molecule has 6 heteroatoms. The van der Waals surface area contributed by atoms with Gasteiger partial charge in [-0.05, 0) is 29.8 Å². The Morgan fingerprint density at radius 2 is 1.58 bits per heavy atom. The molecule has 5 nitrogen and oxygen atoms in total. The zero-order chi connectivity index (χ0) is 17.3. The summed E-state index contributed by atoms with van der Waals surface area (Å²) in [6.07, 6.45) is 0.0540. The first-order valence-corrected chi connectivity index (χ1v) is 7.32. The molecule has 3 rings (SSSR count). The van der Waals surface area contributed by atoms with Crippen molar-refractivity contribution in [2.24, 2.45) is 0 Å². The average Bonchev–Trinajstić information content (AvgIpc) is 2.85. The van der Waals surface area contributed by atoms with Gasteiger partial charge in [0, 0.05) is 6.42 Å². The van der Waals surface area contributed by atoms with Crippen molar-refractivity contribution >= 4 is 17.8 Å². The summed E-state index contributed by atoms with van der Waals surface area (Å²) in [6, 6.07) is 10.8. The maximum absolute atomic E-state index is 13.0. The maximum atomic E-state index is 13.0. The zero-order valence-corrected chi connectivity index (χ0v) is 12.9. The van der Waals surface area contributed by atoms with E-state index in [1.165, 1.54) is 31.4 Å². The van der Waals surface area contributed by atoms with Gasteiger partial charge in [0.15, 0.2) is 0 Å². The molecule has 0 saturated heterocycles. The molecule has 0 aliphatic carbocycles. The topological polar surface area (TPSA) is 63.7 Å². The molecule has 1 heterocycles. The fourth-order valence-corrected chi connectivity index (χ4v) is 2.75. The SMILES string of the molecule is COC(=O)C(Cc1ccc(F)cc1)N1C(=O)c2ccccc2C1=O. The van der Waals surface area contributed by atoms with E-state index in [0.717, 1.165) is 4.90 Å². The Bertz CT molecular complexity index is 781. The third-order valence-electron chi connectivity index (χ3n) is 3.95. The lowest BCUT2D eigenvalue weighted by Gasteiger charge is -2.24. The van der Waals surface area contributed by atoms with E-state index < -0.39 is 29.6 Å². The second-order valence-corrected chi connectivity index (χ2v) is 5.40. The number of nitrogens with zero attached hydrogens (tertiary/aromatic N) is 1. The summed E-state index contributed by atoms with van der Waals surface area (Å²) in [7, 11) is 1.19. The van der Waals surface area contributed by atoms with Gasteiger partial charge in [-0.25, -0.2) is 9.18 Å². The van der Waals surface area contributed by atoms with E-state index in [-0.39, 0.29) is 17.5 Å². The number of fused-ring (bicyclic) bond motifs is 1. The molecule has 0 N–H and O–H groups in total. The van der Waals surface area contributed by atoms with Crippen LogP contribution in [0.2, 0.25) is 0 Å². The molecule has 24 heavy (non-hydrogen) atoms. The molecule has 1 atom stereocenters. The minimum absolute atomic E-state index is 0.0540. The standard InChI is InChI=1S/C18H14FNO4/c1-24-18(23)15(10-11-6-8-12(19)9-7-11)20-16(21)13-4-2-3-5-14(13)17(20)22/h2-9,15H,10H2,1H3. The molecule has 0 bridgehead atoms. The van der Waals surface area contributed by atoms with Gasteiger partial charge in [0.1, 0.15) is 11.9 Å². The molecule has 0 saturated carbocycles. The fraction of sp³-hybridized carbons (Fsp3) is 0.167. The highest BCUT2D eigenvalue weighted by Crippen LogP contribution is 2.26. The van der Waals surface area contributed by atoms with E-state index in [1.54, 1.807) is 24.3 Å². The number of halogens is 1. The third-order valence-corrected chi connectivity index (χ3v) is 3.95. The summed E-state index contributed by atoms with van der Waals surface area (Å²) in [6.45, 7) is 0. The number of esters is 1. The molecule has 2 amide bonds. The summed E-state index contributed by atoms with van der Waals surface area (Å²) < 4.78 is 17.8. The van der Waals surface area contributed by atoms with Gasteiger partial charge in [-0.2, -0.15) is 0 Å². The molecule has 0 spiro atoms. The summed E-state index contributed by atoms with van der Waals surface area (Å²) in [5.41, 5.74) is 1.13. The highest BCUT2D eigenvalue weighted by Gasteiger charge is 2.43. The molecule has 2 aromatic rings. The van der Waals surface area contributed by atoms with Crippen LogP contribution in [0, 0.1) is 5.82 Å². The van der Waals surface area contributed by atoms with Crippen LogP contribution in [-0.4, -0.2) is 35.8 Å². The summed E-state index contributed by atoms with van der Waals surface area (Å²) >= 11 is 0. The first kappa shape index (κ1) is 15.9. The van der Waals surface area contributed by atoms with Crippen LogP contribution in [0.1, 0.15) is 26.3 Å². The highest BCUT2D eigenvalue weighted by atomic mass is 19.1. The van der Waals surface area contributed by atoms with Gasteiger partial charge < -0.3 is 4.74 Å². The Morgan fingerprint density at radius 3 is 2.08 bits per heavy atom. The molecule has 0 aromatic heterocycles. The van der Waals surface area contributed by atoms with E-state index in [2.05, 4.69) is 0 Å². The van der Waals surface area contributed by atoms with Gasteiger partial charge in [-0.3, -0.25) is 14.5 Å². The Balaban J connectivity index is 1.95. The van der Waals surface area contributed by atoms with Crippen molar-refractivity contribution in [3.63, 3.8) is 0 Å². The number of hydrogen-bond donors (Lipinski definition) is 0. The molecule has 1 aliphatic heterocycles. The summed E-state index contributed by atoms with van der Waals surface area (Å²) in [4.78, 5) is 38.2. The molecule has 2 aromatic carbocycles. The van der Waals surface area contributed by atoms with Crippen molar-refractivity contribution in [3.05, 3.63) is 71.0 Å². The smallest absolute Gasteiger partial charge is 0.329 e. The van der Waals surface area contributed by atoms with Gasteiger partial charge in [-0.1, -0.05) is 24.3 Å². The van der Waals surface area contributed by atoms with E-state index in [4.69, 9.17) is 4.74 Å². The number of methoxy groups -OCH3 is 1. The van der Waals surface area contributed by atoms with Crippen molar-refractivity contribution < 1.29 is 23.5 Å². The maximum Gasteiger partial charge on any atom is 0.329 e. The normalized spacial score (nSPS) is 14.5. The molecular formula is C18H14FNO4. The van der Waals surface area contributed by atoms with Crippen LogP contribution in [-0.2, 0) is 16.0 Å². The number of rotatable bonds is 4. The van der Waals surface area contributed by atoms with E-state index in [0.29, 0.717) is 5.56 Å². The second-order valence-electron chi connectivity index (χ2n) is 5.40. The number of carbonyl (C=O) groups excluding carboxylic acids is 3. The van der Waals surface area contributed by atoms with Gasteiger partial charge in [-0.15, -0.1) is 0 Å². The van der Waals surface area contributed by atoms with Crippen molar-refractivity contribution in [1.29, 1.82) is 0 Å². The first-order chi connectivity index (χ1) is 11.5. The lowest BCUT2D eigenvalue weighted by molar-refractivity contribution is -0.145. The lowest BCUT2D eigenvalue weighted by Crippen LogP contribution is -2.46. The van der Waals surface area contributed by atoms with Crippen LogP contribution in [0.15, 0.2) is 48.5 Å². The van der Waals surface area contributed by atoms with Crippen LogP contribution in [0.4, 0.5) is 4.39 Å². The van der Waals surface area contributed by atoms with Gasteiger partial charge >= 0.3 is 5.97 Å². The van der Waals surface area contributed by atoms with Crippen LogP contribution in [0.25, 0.3) is 0 Å². The Morgan fingerprint density at radius 1 is 1.04 bits per heavy atom. The molecule has 1 aliphatic rings. The van der Waals surface area contributed by atoms with Crippen molar-refractivity contribution in [1.82, 2.24) is 4.90 Å². The third kappa shape index (κ3) is 2.67. The minimum atomic E-state index is -1.10. The highest BCUT2D eigenvalue weighted by molar-refractivity contribution is 6.22. The molecular weight excluding hydrogens is 313 g/mol. The largest absolute Gasteiger partial charge is 0.467 e. The van der Waals surface area contributed by atoms with Crippen molar-refractivity contribution in [3.8, 4) is 0 Å². The van der Waals surface area contributed by atoms with Crippen LogP contribution in [0.5, 0.6) is 0 Å². The zero-order valence-electron chi connectivity index (χ0n) is 12.9. The minimum Gasteiger partial charge on any atom is -0.467 e. The first-order valence-electron chi connectivity index (χ1n) is 7.32. The van der Waals surface area contributed by atoms with Crippen LogP contribution >= 0.6 is 0 Å². The number of hydrogen-bond acceptors (Lipinski definition) is 4. The quantitative estimate of drug-likeness (QED) is 0.638. The predicted molar refractivity (Wildman–Crippen MR) is 82.9 cm³/mol. The van der Waals surface area contributed by atoms with E-state index in [1.807, 2.05) is 0 Å². The van der Waals surface area contributed by atoms with Gasteiger partial charge in [0.25, 0.3) is 11.8 Å². The Labute approximate surface area is 137 Å². The second kappa shape index (κ2) is 6.23. The van der Waals surface area contributed by atoms with Crippen molar-refractivity contribution in [2.75, 3.05) is 7.11 Å². The Hall–Kier alpha value is -3.02. The van der Waals surface area contributed by atoms with Gasteiger partial charge in [0.05, 0.1) is 18.2 Å². The number of ether oxygens (including phenoxy) is 1. The molecule has 0 fully saturated rings. The number of carbonyl (C=O) groups is 3. The number of amides is 2. The number of benzene rings is 2. The molecule has 1 unspecified atom stereocenters. The van der Waals surface area contributed by atoms with E-state index in [9.17, 15) is 18.8 Å². The van der Waals surface area contributed by atoms with E-state index >= 15 is 0 Å². The van der Waals surface area contributed by atoms with Crippen molar-refractivity contribution in [2.45, 2.75) is 12.5 Å². The monoisotopic (exact) mass is 327 g/mol. The lowest BCUT2D eigenvalue weighted by atomic mass is 10.0. The average molecular weight is 327 g/mol. The summed E-state index contributed by atoms with van der Waals surface area (Å²) in [5, 5.41) is 0. The molecule has 0 radical (unpaired) electrons. The molecule has 122 valence electrons. The Kier molecular flexibility index (Phi) is 4.12. The summed E-state index contributed by atoms with van der Waals surface area (Å²) in [5.74, 6) is -2.18.